The number of aromatic nitrogens is 5. The van der Waals surface area contributed by atoms with Gasteiger partial charge < -0.3 is 22.8 Å². The molecule has 25 aromatic rings. The molecule has 0 saturated carbocycles. The summed E-state index contributed by atoms with van der Waals surface area (Å²) in [6.45, 7) is 10.7. The maximum atomic E-state index is 2.37. The van der Waals surface area contributed by atoms with Crippen molar-refractivity contribution >= 4 is 109 Å². The van der Waals surface area contributed by atoms with Gasteiger partial charge in [-0.1, -0.05) is 374 Å². The Kier molecular flexibility index (Phi) is 21.9. The van der Waals surface area contributed by atoms with Gasteiger partial charge in [-0.2, -0.15) is 0 Å². The average Bonchev–Trinajstić information content (AvgIpc) is 1.58. The summed E-state index contributed by atoms with van der Waals surface area (Å²) >= 11 is 0. The maximum Gasteiger partial charge on any atom is 0.0547 e. The molecule has 0 radical (unpaired) electrons. The lowest BCUT2D eigenvalue weighted by Gasteiger charge is -2.10. The van der Waals surface area contributed by atoms with Crippen molar-refractivity contribution in [3.63, 3.8) is 0 Å². The van der Waals surface area contributed by atoms with Crippen LogP contribution in [0.5, 0.6) is 0 Å². The first-order valence-electron chi connectivity index (χ1n) is 44.8. The van der Waals surface area contributed by atoms with Crippen molar-refractivity contribution < 1.29 is 0 Å². The molecule has 0 unspecified atom stereocenters. The van der Waals surface area contributed by atoms with Crippen molar-refractivity contribution in [2.24, 2.45) is 0 Å². The van der Waals surface area contributed by atoms with Crippen LogP contribution in [0.25, 0.3) is 193 Å². The number of nitrogens with zero attached hydrogens (tertiary/aromatic N) is 5. The second kappa shape index (κ2) is 35.4. The van der Waals surface area contributed by atoms with E-state index in [0.29, 0.717) is 0 Å². The molecule has 5 heterocycles. The van der Waals surface area contributed by atoms with Crippen LogP contribution in [0.15, 0.2) is 485 Å². The summed E-state index contributed by atoms with van der Waals surface area (Å²) in [6.07, 6.45) is 0. The zero-order valence-corrected chi connectivity index (χ0v) is 73.4. The van der Waals surface area contributed by atoms with Gasteiger partial charge in [0.2, 0.25) is 0 Å². The molecule has 5 heteroatoms. The minimum Gasteiger partial charge on any atom is -0.309 e. The Morgan fingerprint density at radius 2 is 0.354 bits per heavy atom. The van der Waals surface area contributed by atoms with Gasteiger partial charge in [-0.25, -0.2) is 0 Å². The third-order valence-electron chi connectivity index (χ3n) is 25.4. The molecule has 0 aliphatic heterocycles. The van der Waals surface area contributed by atoms with E-state index in [1.165, 1.54) is 221 Å². The molecule has 25 rings (SSSR count). The maximum absolute atomic E-state index is 2.37. The van der Waals surface area contributed by atoms with E-state index in [9.17, 15) is 0 Å². The smallest absolute Gasteiger partial charge is 0.0547 e. The molecule has 0 atom stereocenters. The average molecular weight is 1670 g/mol. The van der Waals surface area contributed by atoms with Crippen molar-refractivity contribution in [1.82, 2.24) is 22.8 Å². The molecule has 0 saturated heterocycles. The monoisotopic (exact) mass is 1670 g/mol. The Balaban J connectivity index is 0.0000000983. The molecule has 0 fully saturated rings. The highest BCUT2D eigenvalue weighted by atomic mass is 15.0. The third-order valence-corrected chi connectivity index (χ3v) is 25.4. The van der Waals surface area contributed by atoms with Crippen LogP contribution in [0.3, 0.4) is 0 Å². The van der Waals surface area contributed by atoms with E-state index < -0.39 is 0 Å². The summed E-state index contributed by atoms with van der Waals surface area (Å²) < 4.78 is 11.8. The van der Waals surface area contributed by atoms with Crippen LogP contribution in [-0.2, 0) is 0 Å². The molecule has 5 aromatic heterocycles. The minimum absolute atomic E-state index is 1.19. The molecule has 0 bridgehead atoms. The van der Waals surface area contributed by atoms with Gasteiger partial charge in [0, 0.05) is 82.3 Å². The predicted octanol–water partition coefficient (Wildman–Crippen LogP) is 33.8. The van der Waals surface area contributed by atoms with Crippen molar-refractivity contribution in [2.75, 3.05) is 0 Å². The van der Waals surface area contributed by atoms with Crippen LogP contribution in [0.2, 0.25) is 0 Å². The number of hydrogen-bond donors (Lipinski definition) is 0. The second-order valence-electron chi connectivity index (χ2n) is 33.9. The van der Waals surface area contributed by atoms with E-state index in [0.717, 1.165) is 0 Å². The summed E-state index contributed by atoms with van der Waals surface area (Å²) in [5.74, 6) is 0. The van der Waals surface area contributed by atoms with Gasteiger partial charge in [-0.15, -0.1) is 0 Å². The van der Waals surface area contributed by atoms with Crippen molar-refractivity contribution in [1.29, 1.82) is 0 Å². The first kappa shape index (κ1) is 80.5. The van der Waals surface area contributed by atoms with Crippen LogP contribution in [-0.4, -0.2) is 22.8 Å². The van der Waals surface area contributed by atoms with E-state index in [-0.39, 0.29) is 0 Å². The van der Waals surface area contributed by atoms with Gasteiger partial charge in [0.1, 0.15) is 0 Å². The van der Waals surface area contributed by atoms with Crippen LogP contribution >= 0.6 is 0 Å². The normalized spacial score (nSPS) is 11.3. The van der Waals surface area contributed by atoms with Crippen LogP contribution < -0.4 is 0 Å². The molecule has 0 N–H and O–H groups in total. The van der Waals surface area contributed by atoms with Gasteiger partial charge in [0.05, 0.1) is 55.2 Å². The Labute approximate surface area is 758 Å². The van der Waals surface area contributed by atoms with E-state index in [2.05, 4.69) is 543 Å². The molecular weight excluding hydrogens is 1570 g/mol. The topological polar surface area (TPSA) is 24.6 Å². The van der Waals surface area contributed by atoms with Gasteiger partial charge in [0.15, 0.2) is 0 Å². The lowest BCUT2D eigenvalue weighted by atomic mass is 9.99. The lowest BCUT2D eigenvalue weighted by Crippen LogP contribution is -1.93. The van der Waals surface area contributed by atoms with Gasteiger partial charge in [-0.3, -0.25) is 0 Å². The molecule has 130 heavy (non-hydrogen) atoms. The quantitative estimate of drug-likeness (QED) is 0.130. The molecule has 20 aromatic carbocycles. The third kappa shape index (κ3) is 15.7. The van der Waals surface area contributed by atoms with E-state index in [1.54, 1.807) is 0 Å². The highest BCUT2D eigenvalue weighted by Crippen LogP contribution is 2.42. The highest BCUT2D eigenvalue weighted by molar-refractivity contribution is 6.15. The van der Waals surface area contributed by atoms with Gasteiger partial charge in [0.25, 0.3) is 0 Å². The number of fused-ring (bicyclic) bond motifs is 15. The van der Waals surface area contributed by atoms with Crippen molar-refractivity contribution in [3.8, 4) is 84.1 Å². The Morgan fingerprint density at radius 1 is 0.123 bits per heavy atom. The van der Waals surface area contributed by atoms with E-state index in [4.69, 9.17) is 0 Å². The zero-order valence-electron chi connectivity index (χ0n) is 73.4. The van der Waals surface area contributed by atoms with Crippen LogP contribution in [0.1, 0.15) is 27.8 Å². The van der Waals surface area contributed by atoms with E-state index in [1.807, 2.05) is 0 Å². The summed E-state index contributed by atoms with van der Waals surface area (Å²) in [5, 5.41) is 12.9. The Bertz CT molecular complexity index is 8410. The second-order valence-corrected chi connectivity index (χ2v) is 33.9. The highest BCUT2D eigenvalue weighted by Gasteiger charge is 2.20. The molecule has 0 amide bonds. The van der Waals surface area contributed by atoms with E-state index >= 15 is 0 Å². The standard InChI is InChI=1S/5C25H19N/c1-18-8-7-9-19(16-18)20-14-15-25-23(17-20)22-12-5-6-13-24(22)26(25)21-10-3-2-4-11-21;1-18-8-7-9-19(16-18)20-14-15-23-22-12-5-6-13-24(22)26(25(23)17-20)21-10-3-2-4-11-21;1-18-9-5-6-12-21(18)19-15-16-23-22-13-7-8-14-24(22)26(25(23)17-19)20-10-3-2-4-11-20;1-18-11-13-19(14-12-18)20-15-16-25-23(17-20)22-9-5-6-10-24(22)26(25)21-7-3-2-4-8-21;1-18-11-13-19(14-12-18)20-15-16-23-22-9-5-6-10-24(22)26(25(23)17-20)21-7-3-2-4-8-21/h5*2-17H,1H3. The van der Waals surface area contributed by atoms with Crippen LogP contribution in [0.4, 0.5) is 0 Å². The number of hydrogen-bond acceptors (Lipinski definition) is 0. The largest absolute Gasteiger partial charge is 0.309 e. The van der Waals surface area contributed by atoms with Crippen LogP contribution in [0, 0.1) is 34.6 Å². The molecule has 5 nitrogen and oxygen atoms in total. The van der Waals surface area contributed by atoms with Gasteiger partial charge >= 0.3 is 0 Å². The first-order valence-corrected chi connectivity index (χ1v) is 44.8. The first-order chi connectivity index (χ1) is 64.1. The molecule has 620 valence electrons. The predicted molar refractivity (Wildman–Crippen MR) is 555 cm³/mol. The fourth-order valence-corrected chi connectivity index (χ4v) is 19.1. The molecule has 0 spiro atoms. The molecule has 0 aliphatic carbocycles. The summed E-state index contributed by atoms with van der Waals surface area (Å²) in [5.41, 5.74) is 37.5. The van der Waals surface area contributed by atoms with Gasteiger partial charge in [-0.05, 0) is 229 Å². The summed E-state index contributed by atoms with van der Waals surface area (Å²) in [6, 6.07) is 174. The lowest BCUT2D eigenvalue weighted by molar-refractivity contribution is 1.18. The fourth-order valence-electron chi connectivity index (χ4n) is 19.1. The summed E-state index contributed by atoms with van der Waals surface area (Å²) in [4.78, 5) is 0. The molecule has 0 aliphatic rings. The molecular formula is C125H95N5. The van der Waals surface area contributed by atoms with Crippen molar-refractivity contribution in [2.45, 2.75) is 34.6 Å². The number of benzene rings is 20. The fraction of sp³-hybridized carbons (Fsp3) is 0.0400. The Hall–Kier alpha value is -16.6. The zero-order chi connectivity index (χ0) is 87.5. The number of para-hydroxylation sites is 10. The SMILES string of the molecule is Cc1ccc(-c2ccc3c(c2)c2ccccc2n3-c2ccccc2)cc1.Cc1ccc(-c2ccc3c4ccccc4n(-c4ccccc4)c3c2)cc1.Cc1cccc(-c2ccc3c(c2)c2ccccc2n3-c2ccccc2)c1.Cc1cccc(-c2ccc3c4ccccc4n(-c4ccccc4)c3c2)c1.Cc1ccccc1-c1ccc2c3ccccc3n(-c3ccccc3)c2c1. The number of rotatable bonds is 10. The van der Waals surface area contributed by atoms with Crippen molar-refractivity contribution in [3.05, 3.63) is 513 Å². The minimum atomic E-state index is 1.19. The Morgan fingerprint density at radius 3 is 0.692 bits per heavy atom. The number of aryl methyl sites for hydroxylation is 5. The summed E-state index contributed by atoms with van der Waals surface area (Å²) in [7, 11) is 0.